The smallest absolute Gasteiger partial charge is 0.349 e. The van der Waals surface area contributed by atoms with Gasteiger partial charge in [0.25, 0.3) is 11.8 Å². The molecule has 7 nitrogen and oxygen atoms in total. The van der Waals surface area contributed by atoms with E-state index >= 15 is 0 Å². The molecule has 4 aromatic carbocycles. The Kier molecular flexibility index (Phi) is 9.97. The number of hydrogen-bond acceptors (Lipinski definition) is 7. The van der Waals surface area contributed by atoms with Crippen molar-refractivity contribution in [2.75, 3.05) is 10.6 Å². The molecule has 0 aliphatic carbocycles. The average Bonchev–Trinajstić information content (AvgIpc) is 3.70. The van der Waals surface area contributed by atoms with E-state index < -0.39 is 35.4 Å². The Balaban J connectivity index is 1.37. The van der Waals surface area contributed by atoms with Crippen molar-refractivity contribution in [1.82, 2.24) is 0 Å². The van der Waals surface area contributed by atoms with E-state index in [9.17, 15) is 28.0 Å². The predicted molar refractivity (Wildman–Crippen MR) is 188 cm³/mol. The Bertz CT molecular complexity index is 2220. The molecule has 2 aromatic heterocycles. The van der Waals surface area contributed by atoms with Gasteiger partial charge in [0.2, 0.25) is 0 Å². The number of thiophene rings is 2. The number of rotatable bonds is 8. The molecular formula is C36H20Cl2F2N2O5S2. The average molecular weight is 734 g/mol. The molecular weight excluding hydrogens is 713 g/mol. The standard InChI is InChI=1S/C36H20Cl2F2N2O5S2/c37-22-10-15-25(26(38)16-22)32-30(28(18-49-32)42-34(44)21-8-13-24(40)14-9-21)36(46)47-35(45)29-27(17-48-31(29)19-4-2-1-3-5-19)41-33(43)20-6-11-23(39)12-7-20/h1-18H,(H,41,43)(H,42,44). The van der Waals surface area contributed by atoms with Crippen molar-refractivity contribution in [3.8, 4) is 20.9 Å². The number of carbonyl (C=O) groups is 4. The molecule has 49 heavy (non-hydrogen) atoms. The maximum absolute atomic E-state index is 14.0. The molecule has 2 heterocycles. The summed E-state index contributed by atoms with van der Waals surface area (Å²) in [7, 11) is 0. The molecule has 0 aliphatic rings. The van der Waals surface area contributed by atoms with E-state index in [1.807, 2.05) is 0 Å². The highest BCUT2D eigenvalue weighted by Crippen LogP contribution is 2.42. The molecule has 244 valence electrons. The van der Waals surface area contributed by atoms with Crippen molar-refractivity contribution < 1.29 is 32.7 Å². The highest BCUT2D eigenvalue weighted by Gasteiger charge is 2.30. The van der Waals surface area contributed by atoms with Gasteiger partial charge in [-0.05, 0) is 66.2 Å². The number of nitrogens with one attached hydrogen (secondary N) is 2. The molecule has 0 spiro atoms. The lowest BCUT2D eigenvalue weighted by Crippen LogP contribution is -2.19. The maximum Gasteiger partial charge on any atom is 0.349 e. The van der Waals surface area contributed by atoms with Crippen molar-refractivity contribution in [3.05, 3.63) is 152 Å². The Labute approximate surface area is 295 Å². The van der Waals surface area contributed by atoms with Crippen LogP contribution < -0.4 is 10.6 Å². The van der Waals surface area contributed by atoms with Crippen molar-refractivity contribution in [2.45, 2.75) is 0 Å². The van der Waals surface area contributed by atoms with E-state index in [-0.39, 0.29) is 43.5 Å². The molecule has 0 saturated carbocycles. The van der Waals surface area contributed by atoms with Gasteiger partial charge < -0.3 is 15.4 Å². The van der Waals surface area contributed by atoms with Crippen molar-refractivity contribution in [1.29, 1.82) is 0 Å². The largest absolute Gasteiger partial charge is 0.386 e. The van der Waals surface area contributed by atoms with Crippen LogP contribution >= 0.6 is 45.9 Å². The van der Waals surface area contributed by atoms with Gasteiger partial charge in [-0.1, -0.05) is 59.6 Å². The number of amides is 2. The van der Waals surface area contributed by atoms with Crippen molar-refractivity contribution in [3.63, 3.8) is 0 Å². The lowest BCUT2D eigenvalue weighted by Gasteiger charge is -2.12. The number of ether oxygens (including phenoxy) is 1. The predicted octanol–water partition coefficient (Wildman–Crippen LogP) is 10.2. The van der Waals surface area contributed by atoms with Crippen LogP contribution in [-0.4, -0.2) is 23.8 Å². The fourth-order valence-electron chi connectivity index (χ4n) is 4.76. The van der Waals surface area contributed by atoms with Gasteiger partial charge in [0.1, 0.15) is 22.8 Å². The van der Waals surface area contributed by atoms with Crippen LogP contribution in [0.15, 0.2) is 108 Å². The number of benzene rings is 4. The molecule has 0 fully saturated rings. The molecule has 0 atom stereocenters. The van der Waals surface area contributed by atoms with Gasteiger partial charge in [0, 0.05) is 32.5 Å². The molecule has 0 aliphatic heterocycles. The van der Waals surface area contributed by atoms with Gasteiger partial charge >= 0.3 is 11.9 Å². The third-order valence-electron chi connectivity index (χ3n) is 7.10. The topological polar surface area (TPSA) is 102 Å². The third-order valence-corrected chi connectivity index (χ3v) is 9.69. The molecule has 0 bridgehead atoms. The van der Waals surface area contributed by atoms with Crippen molar-refractivity contribution in [2.24, 2.45) is 0 Å². The summed E-state index contributed by atoms with van der Waals surface area (Å²) in [6.07, 6.45) is 0. The number of carbonyl (C=O) groups excluding carboxylic acids is 4. The molecule has 6 rings (SSSR count). The highest BCUT2D eigenvalue weighted by molar-refractivity contribution is 7.15. The number of anilines is 2. The fraction of sp³-hybridized carbons (Fsp3) is 0. The van der Waals surface area contributed by atoms with Crippen LogP contribution in [0.2, 0.25) is 10.0 Å². The summed E-state index contributed by atoms with van der Waals surface area (Å²) in [6, 6.07) is 23.0. The minimum atomic E-state index is -1.12. The molecule has 6 aromatic rings. The minimum Gasteiger partial charge on any atom is -0.386 e. The van der Waals surface area contributed by atoms with E-state index in [2.05, 4.69) is 10.6 Å². The SMILES string of the molecule is O=C(Nc1csc(-c2ccccc2)c1C(=O)OC(=O)c1c(NC(=O)c2ccc(F)cc2)csc1-c1ccc(Cl)cc1Cl)c1ccc(F)cc1. The second-order valence-corrected chi connectivity index (χ2v) is 12.9. The zero-order chi connectivity index (χ0) is 34.7. The minimum absolute atomic E-state index is 0.0107. The molecule has 0 radical (unpaired) electrons. The van der Waals surface area contributed by atoms with E-state index in [1.54, 1.807) is 42.5 Å². The van der Waals surface area contributed by atoms with E-state index in [1.165, 1.54) is 41.1 Å². The summed E-state index contributed by atoms with van der Waals surface area (Å²) in [5.74, 6) is -4.55. The monoisotopic (exact) mass is 732 g/mol. The first-order chi connectivity index (χ1) is 23.6. The van der Waals surface area contributed by atoms with Crippen LogP contribution in [0, 0.1) is 11.6 Å². The van der Waals surface area contributed by atoms with Gasteiger partial charge in [-0.15, -0.1) is 22.7 Å². The summed E-state index contributed by atoms with van der Waals surface area (Å²) < 4.78 is 32.5. The lowest BCUT2D eigenvalue weighted by atomic mass is 10.1. The van der Waals surface area contributed by atoms with Crippen LogP contribution in [0.5, 0.6) is 0 Å². The molecule has 2 amide bonds. The van der Waals surface area contributed by atoms with Crippen LogP contribution in [0.4, 0.5) is 20.2 Å². The fourth-order valence-corrected chi connectivity index (χ4v) is 7.34. The van der Waals surface area contributed by atoms with E-state index in [0.29, 0.717) is 21.0 Å². The van der Waals surface area contributed by atoms with E-state index in [4.69, 9.17) is 27.9 Å². The maximum atomic E-state index is 14.0. The van der Waals surface area contributed by atoms with Crippen LogP contribution in [0.3, 0.4) is 0 Å². The summed E-state index contributed by atoms with van der Waals surface area (Å²) in [5.41, 5.74) is 1.04. The third kappa shape index (κ3) is 7.45. The Morgan fingerprint density at radius 3 is 1.61 bits per heavy atom. The number of esters is 2. The molecule has 2 N–H and O–H groups in total. The Morgan fingerprint density at radius 2 is 1.10 bits per heavy atom. The molecule has 0 saturated heterocycles. The number of hydrogen-bond donors (Lipinski definition) is 2. The first kappa shape index (κ1) is 33.7. The lowest BCUT2D eigenvalue weighted by molar-refractivity contribution is 0.0401. The van der Waals surface area contributed by atoms with Gasteiger partial charge in [0.15, 0.2) is 0 Å². The van der Waals surface area contributed by atoms with Crippen LogP contribution in [0.25, 0.3) is 20.9 Å². The first-order valence-electron chi connectivity index (χ1n) is 14.2. The molecule has 13 heteroatoms. The van der Waals surface area contributed by atoms with E-state index in [0.717, 1.165) is 46.9 Å². The summed E-state index contributed by atoms with van der Waals surface area (Å²) in [6.45, 7) is 0. The molecule has 0 unspecified atom stereocenters. The summed E-state index contributed by atoms with van der Waals surface area (Å²) >= 11 is 14.8. The van der Waals surface area contributed by atoms with Gasteiger partial charge in [0.05, 0.1) is 26.2 Å². The zero-order valence-corrected chi connectivity index (χ0v) is 27.9. The quantitative estimate of drug-likeness (QED) is 0.120. The van der Waals surface area contributed by atoms with Crippen LogP contribution in [0.1, 0.15) is 41.4 Å². The van der Waals surface area contributed by atoms with Gasteiger partial charge in [-0.2, -0.15) is 0 Å². The zero-order valence-electron chi connectivity index (χ0n) is 24.8. The van der Waals surface area contributed by atoms with Crippen LogP contribution in [-0.2, 0) is 4.74 Å². The Hall–Kier alpha value is -5.20. The summed E-state index contributed by atoms with van der Waals surface area (Å²) in [4.78, 5) is 54.8. The second kappa shape index (κ2) is 14.5. The van der Waals surface area contributed by atoms with Crippen molar-refractivity contribution >= 4 is 81.0 Å². The Morgan fingerprint density at radius 1 is 0.612 bits per heavy atom. The second-order valence-electron chi connectivity index (χ2n) is 10.3. The number of halogens is 4. The first-order valence-corrected chi connectivity index (χ1v) is 16.7. The summed E-state index contributed by atoms with van der Waals surface area (Å²) in [5, 5.41) is 8.85. The van der Waals surface area contributed by atoms with Gasteiger partial charge in [-0.25, -0.2) is 18.4 Å². The van der Waals surface area contributed by atoms with Gasteiger partial charge in [-0.3, -0.25) is 9.59 Å². The normalized spacial score (nSPS) is 10.8. The highest BCUT2D eigenvalue weighted by atomic mass is 35.5.